The SMILES string of the molecule is CCCCCCCCCCCCOC(=O)C(NC(=O)c1ccc(F)cc1F)C(C)C. The molecule has 1 aromatic carbocycles. The fourth-order valence-electron chi connectivity index (χ4n) is 3.24. The van der Waals surface area contributed by atoms with Crippen LogP contribution in [-0.4, -0.2) is 24.5 Å². The Balaban J connectivity index is 2.29. The Morgan fingerprint density at radius 3 is 2.03 bits per heavy atom. The van der Waals surface area contributed by atoms with Crippen LogP contribution >= 0.6 is 0 Å². The van der Waals surface area contributed by atoms with Gasteiger partial charge in [0.2, 0.25) is 0 Å². The maximum atomic E-state index is 13.8. The Bertz CT molecular complexity index is 649. The zero-order valence-electron chi connectivity index (χ0n) is 18.6. The summed E-state index contributed by atoms with van der Waals surface area (Å²) in [7, 11) is 0. The molecule has 0 aliphatic carbocycles. The zero-order chi connectivity index (χ0) is 22.4. The lowest BCUT2D eigenvalue weighted by molar-refractivity contribution is -0.147. The molecule has 6 heteroatoms. The van der Waals surface area contributed by atoms with Gasteiger partial charge >= 0.3 is 5.97 Å². The third-order valence-electron chi connectivity index (χ3n) is 5.13. The maximum Gasteiger partial charge on any atom is 0.328 e. The smallest absolute Gasteiger partial charge is 0.328 e. The predicted octanol–water partition coefficient (Wildman–Crippen LogP) is 6.18. The van der Waals surface area contributed by atoms with Crippen LogP contribution in [0.4, 0.5) is 8.78 Å². The molecule has 170 valence electrons. The number of carbonyl (C=O) groups excluding carboxylic acids is 2. The van der Waals surface area contributed by atoms with E-state index in [2.05, 4.69) is 12.2 Å². The molecule has 0 spiro atoms. The lowest BCUT2D eigenvalue weighted by Gasteiger charge is -2.21. The predicted molar refractivity (Wildman–Crippen MR) is 115 cm³/mol. The van der Waals surface area contributed by atoms with Gasteiger partial charge in [-0.25, -0.2) is 13.6 Å². The van der Waals surface area contributed by atoms with Gasteiger partial charge in [0.15, 0.2) is 0 Å². The van der Waals surface area contributed by atoms with Gasteiger partial charge in [-0.1, -0.05) is 78.6 Å². The lowest BCUT2D eigenvalue weighted by Crippen LogP contribution is -2.45. The molecule has 1 aromatic rings. The second-order valence-corrected chi connectivity index (χ2v) is 8.17. The second-order valence-electron chi connectivity index (χ2n) is 8.17. The van der Waals surface area contributed by atoms with Crippen LogP contribution in [0.2, 0.25) is 0 Å². The first-order valence-corrected chi connectivity index (χ1v) is 11.3. The summed E-state index contributed by atoms with van der Waals surface area (Å²) in [6.45, 7) is 6.07. The molecule has 1 N–H and O–H groups in total. The summed E-state index contributed by atoms with van der Waals surface area (Å²) in [5, 5.41) is 2.51. The van der Waals surface area contributed by atoms with E-state index in [0.717, 1.165) is 31.4 Å². The van der Waals surface area contributed by atoms with Crippen molar-refractivity contribution in [2.75, 3.05) is 6.61 Å². The van der Waals surface area contributed by atoms with Gasteiger partial charge in [-0.2, -0.15) is 0 Å². The third kappa shape index (κ3) is 10.2. The van der Waals surface area contributed by atoms with Crippen molar-refractivity contribution < 1.29 is 23.1 Å². The standard InChI is InChI=1S/C24H37F2NO3/c1-4-5-6-7-8-9-10-11-12-13-16-30-24(29)22(18(2)3)27-23(28)20-15-14-19(25)17-21(20)26/h14-15,17-18,22H,4-13,16H2,1-3H3,(H,27,28). The van der Waals surface area contributed by atoms with Gasteiger partial charge in [-0.05, 0) is 24.5 Å². The molecule has 0 saturated heterocycles. The van der Waals surface area contributed by atoms with Crippen LogP contribution in [0.15, 0.2) is 18.2 Å². The number of amides is 1. The Labute approximate surface area is 179 Å². The van der Waals surface area contributed by atoms with Gasteiger partial charge in [-0.15, -0.1) is 0 Å². The fourth-order valence-corrected chi connectivity index (χ4v) is 3.24. The van der Waals surface area contributed by atoms with Gasteiger partial charge in [-0.3, -0.25) is 4.79 Å². The van der Waals surface area contributed by atoms with Crippen LogP contribution in [0.1, 0.15) is 95.3 Å². The van der Waals surface area contributed by atoms with Crippen molar-refractivity contribution in [3.05, 3.63) is 35.4 Å². The minimum absolute atomic E-state index is 0.224. The Hall–Kier alpha value is -1.98. The number of rotatable bonds is 15. The lowest BCUT2D eigenvalue weighted by atomic mass is 10.0. The Morgan fingerprint density at radius 2 is 1.50 bits per heavy atom. The average molecular weight is 426 g/mol. The number of halogens is 2. The molecule has 0 bridgehead atoms. The van der Waals surface area contributed by atoms with Crippen molar-refractivity contribution in [2.45, 2.75) is 91.0 Å². The van der Waals surface area contributed by atoms with Gasteiger partial charge in [0.1, 0.15) is 17.7 Å². The molecule has 0 fully saturated rings. The number of carbonyl (C=O) groups is 2. The van der Waals surface area contributed by atoms with Crippen molar-refractivity contribution >= 4 is 11.9 Å². The van der Waals surface area contributed by atoms with Crippen molar-refractivity contribution in [3.63, 3.8) is 0 Å². The van der Waals surface area contributed by atoms with Crippen LogP contribution in [0.5, 0.6) is 0 Å². The first-order chi connectivity index (χ1) is 14.4. The van der Waals surface area contributed by atoms with Crippen molar-refractivity contribution in [1.82, 2.24) is 5.32 Å². The molecular formula is C24H37F2NO3. The highest BCUT2D eigenvalue weighted by Crippen LogP contribution is 2.13. The molecular weight excluding hydrogens is 388 g/mol. The number of ether oxygens (including phenoxy) is 1. The molecule has 0 heterocycles. The fraction of sp³-hybridized carbons (Fsp3) is 0.667. The maximum absolute atomic E-state index is 13.8. The van der Waals surface area contributed by atoms with Crippen LogP contribution in [0, 0.1) is 17.6 Å². The summed E-state index contributed by atoms with van der Waals surface area (Å²) >= 11 is 0. The highest BCUT2D eigenvalue weighted by Gasteiger charge is 2.27. The minimum Gasteiger partial charge on any atom is -0.464 e. The van der Waals surface area contributed by atoms with Crippen LogP contribution in [-0.2, 0) is 9.53 Å². The topological polar surface area (TPSA) is 55.4 Å². The van der Waals surface area contributed by atoms with Crippen molar-refractivity contribution in [2.24, 2.45) is 5.92 Å². The van der Waals surface area contributed by atoms with E-state index in [9.17, 15) is 18.4 Å². The zero-order valence-corrected chi connectivity index (χ0v) is 18.6. The van der Waals surface area contributed by atoms with E-state index in [-0.39, 0.29) is 11.5 Å². The monoisotopic (exact) mass is 425 g/mol. The molecule has 1 rings (SSSR count). The quantitative estimate of drug-likeness (QED) is 0.269. The highest BCUT2D eigenvalue weighted by molar-refractivity contribution is 5.97. The minimum atomic E-state index is -0.964. The largest absolute Gasteiger partial charge is 0.464 e. The summed E-state index contributed by atoms with van der Waals surface area (Å²) in [6.07, 6.45) is 11.9. The Kier molecular flexibility index (Phi) is 13.0. The third-order valence-corrected chi connectivity index (χ3v) is 5.13. The van der Waals surface area contributed by atoms with Crippen LogP contribution < -0.4 is 5.32 Å². The second kappa shape index (κ2) is 14.9. The summed E-state index contributed by atoms with van der Waals surface area (Å²) in [5.74, 6) is -3.24. The summed E-state index contributed by atoms with van der Waals surface area (Å²) < 4.78 is 32.1. The first-order valence-electron chi connectivity index (χ1n) is 11.3. The summed E-state index contributed by atoms with van der Waals surface area (Å²) in [5.41, 5.74) is -0.301. The molecule has 0 saturated carbocycles. The van der Waals surface area contributed by atoms with Gasteiger partial charge in [0.05, 0.1) is 12.2 Å². The number of benzene rings is 1. The summed E-state index contributed by atoms with van der Waals surface area (Å²) in [4.78, 5) is 24.6. The van der Waals surface area contributed by atoms with E-state index in [0.29, 0.717) is 12.7 Å². The first kappa shape index (κ1) is 26.1. The van der Waals surface area contributed by atoms with E-state index in [1.165, 1.54) is 44.9 Å². The molecule has 0 radical (unpaired) electrons. The van der Waals surface area contributed by atoms with E-state index < -0.39 is 29.6 Å². The Morgan fingerprint density at radius 1 is 0.933 bits per heavy atom. The van der Waals surface area contributed by atoms with E-state index >= 15 is 0 Å². The molecule has 30 heavy (non-hydrogen) atoms. The van der Waals surface area contributed by atoms with Crippen molar-refractivity contribution in [3.8, 4) is 0 Å². The molecule has 0 aliphatic rings. The highest BCUT2D eigenvalue weighted by atomic mass is 19.1. The van der Waals surface area contributed by atoms with Crippen molar-refractivity contribution in [1.29, 1.82) is 0 Å². The number of hydrogen-bond acceptors (Lipinski definition) is 3. The van der Waals surface area contributed by atoms with E-state index in [1.54, 1.807) is 13.8 Å². The molecule has 1 atom stereocenters. The van der Waals surface area contributed by atoms with Gasteiger partial charge in [0.25, 0.3) is 5.91 Å². The molecule has 0 aromatic heterocycles. The van der Waals surface area contributed by atoms with Crippen LogP contribution in [0.3, 0.4) is 0 Å². The molecule has 4 nitrogen and oxygen atoms in total. The number of nitrogens with one attached hydrogen (secondary N) is 1. The molecule has 1 amide bonds. The molecule has 0 aliphatic heterocycles. The van der Waals surface area contributed by atoms with Crippen LogP contribution in [0.25, 0.3) is 0 Å². The number of hydrogen-bond donors (Lipinski definition) is 1. The average Bonchev–Trinajstić information content (AvgIpc) is 2.69. The van der Waals surface area contributed by atoms with E-state index in [1.807, 2.05) is 0 Å². The normalized spacial score (nSPS) is 12.1. The van der Waals surface area contributed by atoms with Gasteiger partial charge < -0.3 is 10.1 Å². The number of unbranched alkanes of at least 4 members (excludes halogenated alkanes) is 9. The van der Waals surface area contributed by atoms with E-state index in [4.69, 9.17) is 4.74 Å². The van der Waals surface area contributed by atoms with Gasteiger partial charge in [0, 0.05) is 6.07 Å². The molecule has 1 unspecified atom stereocenters. The summed E-state index contributed by atoms with van der Waals surface area (Å²) in [6, 6.07) is 1.83. The number of esters is 1.